The first-order valence-corrected chi connectivity index (χ1v) is 6.62. The Morgan fingerprint density at radius 3 is 2.33 bits per heavy atom. The lowest BCUT2D eigenvalue weighted by Gasteiger charge is -2.28. The molecule has 1 aromatic rings. The Bertz CT molecular complexity index is 437. The molecule has 1 aliphatic carbocycles. The highest BCUT2D eigenvalue weighted by molar-refractivity contribution is 5.94. The summed E-state index contributed by atoms with van der Waals surface area (Å²) in [5, 5.41) is 10.3. The van der Waals surface area contributed by atoms with E-state index < -0.39 is 5.60 Å². The first-order valence-electron chi connectivity index (χ1n) is 6.62. The Balaban J connectivity index is 2.06. The van der Waals surface area contributed by atoms with Crippen LogP contribution in [0.2, 0.25) is 0 Å². The van der Waals surface area contributed by atoms with Crippen LogP contribution in [-0.2, 0) is 0 Å². The molecule has 0 bridgehead atoms. The van der Waals surface area contributed by atoms with Gasteiger partial charge in [0.2, 0.25) is 0 Å². The van der Waals surface area contributed by atoms with Gasteiger partial charge in [-0.3, -0.25) is 4.79 Å². The zero-order valence-electron chi connectivity index (χ0n) is 10.9. The molecule has 2 rings (SSSR count). The number of ketones is 1. The molecule has 2 nitrogen and oxygen atoms in total. The van der Waals surface area contributed by atoms with Crippen molar-refractivity contribution in [2.45, 2.75) is 44.6 Å². The summed E-state index contributed by atoms with van der Waals surface area (Å²) in [7, 11) is 0. The minimum atomic E-state index is -0.627. The van der Waals surface area contributed by atoms with Crippen molar-refractivity contribution in [2.75, 3.05) is 0 Å². The van der Waals surface area contributed by atoms with Crippen LogP contribution in [0, 0.1) is 0 Å². The predicted octanol–water partition coefficient (Wildman–Crippen LogP) is 3.60. The number of hydrogen-bond acceptors (Lipinski definition) is 2. The van der Waals surface area contributed by atoms with Gasteiger partial charge in [-0.25, -0.2) is 0 Å². The third-order valence-electron chi connectivity index (χ3n) is 3.62. The van der Waals surface area contributed by atoms with Crippen LogP contribution in [0.25, 0.3) is 6.08 Å². The van der Waals surface area contributed by atoms with E-state index in [9.17, 15) is 9.90 Å². The van der Waals surface area contributed by atoms with Crippen molar-refractivity contribution in [3.8, 4) is 0 Å². The van der Waals surface area contributed by atoms with Crippen LogP contribution < -0.4 is 0 Å². The average molecular weight is 244 g/mol. The van der Waals surface area contributed by atoms with Crippen molar-refractivity contribution in [2.24, 2.45) is 0 Å². The van der Waals surface area contributed by atoms with Crippen molar-refractivity contribution in [3.05, 3.63) is 41.5 Å². The Labute approximate surface area is 108 Å². The van der Waals surface area contributed by atoms with Gasteiger partial charge in [0.05, 0.1) is 5.60 Å². The fraction of sp³-hybridized carbons (Fsp3) is 0.438. The molecule has 0 aliphatic heterocycles. The summed E-state index contributed by atoms with van der Waals surface area (Å²) in [6, 6.07) is 7.48. The van der Waals surface area contributed by atoms with Crippen molar-refractivity contribution < 1.29 is 9.90 Å². The van der Waals surface area contributed by atoms with Gasteiger partial charge in [0.25, 0.3) is 0 Å². The second-order valence-electron chi connectivity index (χ2n) is 5.18. The minimum absolute atomic E-state index is 0.0800. The Morgan fingerprint density at radius 1 is 1.17 bits per heavy atom. The standard InChI is InChI=1S/C16H20O2/c1-13(17)15-7-5-14(6-8-15)9-12-16(18)10-3-2-4-11-16/h5-9,12,18H,2-4,10-11H2,1H3/b12-9+. The summed E-state index contributed by atoms with van der Waals surface area (Å²) in [4.78, 5) is 11.2. The molecule has 0 heterocycles. The molecule has 0 unspecified atom stereocenters. The smallest absolute Gasteiger partial charge is 0.159 e. The maximum atomic E-state index is 11.2. The molecule has 2 heteroatoms. The largest absolute Gasteiger partial charge is 0.386 e. The summed E-state index contributed by atoms with van der Waals surface area (Å²) < 4.78 is 0. The van der Waals surface area contributed by atoms with E-state index >= 15 is 0 Å². The number of benzene rings is 1. The molecule has 0 amide bonds. The third kappa shape index (κ3) is 3.30. The highest BCUT2D eigenvalue weighted by Gasteiger charge is 2.25. The van der Waals surface area contributed by atoms with E-state index in [0.717, 1.165) is 36.8 Å². The highest BCUT2D eigenvalue weighted by atomic mass is 16.3. The Kier molecular flexibility index (Phi) is 3.97. The summed E-state index contributed by atoms with van der Waals surface area (Å²) in [5.74, 6) is 0.0800. The van der Waals surface area contributed by atoms with Gasteiger partial charge in [0, 0.05) is 5.56 Å². The molecular weight excluding hydrogens is 224 g/mol. The van der Waals surface area contributed by atoms with Gasteiger partial charge in [-0.2, -0.15) is 0 Å². The molecule has 0 spiro atoms. The van der Waals surface area contributed by atoms with Gasteiger partial charge in [0.15, 0.2) is 5.78 Å². The Hall–Kier alpha value is -1.41. The maximum absolute atomic E-state index is 11.2. The number of aliphatic hydroxyl groups is 1. The molecule has 1 aliphatic rings. The van der Waals surface area contributed by atoms with E-state index in [0.29, 0.717) is 0 Å². The lowest BCUT2D eigenvalue weighted by molar-refractivity contribution is 0.0521. The zero-order chi connectivity index (χ0) is 13.0. The van der Waals surface area contributed by atoms with Crippen molar-refractivity contribution in [3.63, 3.8) is 0 Å². The van der Waals surface area contributed by atoms with Crippen LogP contribution in [0.5, 0.6) is 0 Å². The number of rotatable bonds is 3. The molecule has 0 radical (unpaired) electrons. The van der Waals surface area contributed by atoms with Crippen LogP contribution in [-0.4, -0.2) is 16.5 Å². The SMILES string of the molecule is CC(=O)c1ccc(/C=C/C2(O)CCCCC2)cc1. The quantitative estimate of drug-likeness (QED) is 0.825. The number of Topliss-reactive ketones (excluding diaryl/α,β-unsaturated/α-hetero) is 1. The van der Waals surface area contributed by atoms with Gasteiger partial charge in [-0.1, -0.05) is 55.7 Å². The second-order valence-corrected chi connectivity index (χ2v) is 5.18. The van der Waals surface area contributed by atoms with Gasteiger partial charge in [-0.05, 0) is 25.3 Å². The van der Waals surface area contributed by atoms with Crippen molar-refractivity contribution in [1.29, 1.82) is 0 Å². The van der Waals surface area contributed by atoms with E-state index in [4.69, 9.17) is 0 Å². The zero-order valence-corrected chi connectivity index (χ0v) is 10.9. The van der Waals surface area contributed by atoms with Crippen molar-refractivity contribution >= 4 is 11.9 Å². The fourth-order valence-electron chi connectivity index (χ4n) is 2.41. The number of carbonyl (C=O) groups excluding carboxylic acids is 1. The topological polar surface area (TPSA) is 37.3 Å². The summed E-state index contributed by atoms with van der Waals surface area (Å²) in [6.45, 7) is 1.57. The van der Waals surface area contributed by atoms with E-state index in [1.165, 1.54) is 6.42 Å². The summed E-state index contributed by atoms with van der Waals surface area (Å²) >= 11 is 0. The highest BCUT2D eigenvalue weighted by Crippen LogP contribution is 2.29. The first kappa shape index (κ1) is 13.0. The second kappa shape index (κ2) is 5.49. The lowest BCUT2D eigenvalue weighted by atomic mass is 9.84. The van der Waals surface area contributed by atoms with Crippen LogP contribution in [0.1, 0.15) is 54.9 Å². The molecule has 0 aromatic heterocycles. The normalized spacial score (nSPS) is 19.0. The maximum Gasteiger partial charge on any atom is 0.159 e. The van der Waals surface area contributed by atoms with E-state index in [1.54, 1.807) is 6.92 Å². The van der Waals surface area contributed by atoms with Crippen LogP contribution in [0.15, 0.2) is 30.3 Å². The monoisotopic (exact) mass is 244 g/mol. The predicted molar refractivity (Wildman–Crippen MR) is 73.5 cm³/mol. The lowest BCUT2D eigenvalue weighted by Crippen LogP contribution is -2.28. The van der Waals surface area contributed by atoms with E-state index in [2.05, 4.69) is 0 Å². The van der Waals surface area contributed by atoms with Crippen molar-refractivity contribution in [1.82, 2.24) is 0 Å². The van der Waals surface area contributed by atoms with Gasteiger partial charge in [-0.15, -0.1) is 0 Å². The van der Waals surface area contributed by atoms with Gasteiger partial charge in [0.1, 0.15) is 0 Å². The Morgan fingerprint density at radius 2 is 1.78 bits per heavy atom. The molecule has 0 atom stereocenters. The molecule has 1 saturated carbocycles. The van der Waals surface area contributed by atoms with Crippen LogP contribution in [0.4, 0.5) is 0 Å². The summed E-state index contributed by atoms with van der Waals surface area (Å²) in [5.41, 5.74) is 1.12. The molecular formula is C16H20O2. The molecule has 96 valence electrons. The van der Waals surface area contributed by atoms with E-state index in [1.807, 2.05) is 36.4 Å². The molecule has 18 heavy (non-hydrogen) atoms. The molecule has 1 N–H and O–H groups in total. The van der Waals surface area contributed by atoms with E-state index in [-0.39, 0.29) is 5.78 Å². The molecule has 1 fully saturated rings. The molecule has 1 aromatic carbocycles. The van der Waals surface area contributed by atoms with Crippen LogP contribution in [0.3, 0.4) is 0 Å². The van der Waals surface area contributed by atoms with Crippen LogP contribution >= 0.6 is 0 Å². The van der Waals surface area contributed by atoms with Gasteiger partial charge < -0.3 is 5.11 Å². The first-order chi connectivity index (χ1) is 8.59. The minimum Gasteiger partial charge on any atom is -0.386 e. The number of hydrogen-bond donors (Lipinski definition) is 1. The third-order valence-corrected chi connectivity index (χ3v) is 3.62. The summed E-state index contributed by atoms with van der Waals surface area (Å²) in [6.07, 6.45) is 9.01. The van der Waals surface area contributed by atoms with Gasteiger partial charge >= 0.3 is 0 Å². The fourth-order valence-corrected chi connectivity index (χ4v) is 2.41. The number of carbonyl (C=O) groups is 1. The molecule has 0 saturated heterocycles. The average Bonchev–Trinajstić information content (AvgIpc) is 2.38.